The first-order valence-electron chi connectivity index (χ1n) is 6.38. The average Bonchev–Trinajstić information content (AvgIpc) is 2.77. The number of anilines is 1. The van der Waals surface area contributed by atoms with E-state index in [2.05, 4.69) is 5.10 Å². The lowest BCUT2D eigenvalue weighted by molar-refractivity contribution is 0.417. The monoisotopic (exact) mass is 328 g/mol. The van der Waals surface area contributed by atoms with Crippen LogP contribution in [0.3, 0.4) is 0 Å². The predicted molar refractivity (Wildman–Crippen MR) is 82.3 cm³/mol. The molecule has 0 saturated heterocycles. The molecular formula is C13H17ClN4O2S. The molecule has 2 N–H and O–H groups in total. The molecule has 0 spiro atoms. The summed E-state index contributed by atoms with van der Waals surface area (Å²) < 4.78 is 28.0. The number of sulfonamides is 1. The van der Waals surface area contributed by atoms with E-state index >= 15 is 0 Å². The van der Waals surface area contributed by atoms with Gasteiger partial charge in [0.2, 0.25) is 0 Å². The summed E-state index contributed by atoms with van der Waals surface area (Å²) in [5.74, 6) is 0. The molecule has 6 nitrogen and oxygen atoms in total. The van der Waals surface area contributed by atoms with E-state index in [0.717, 1.165) is 5.56 Å². The van der Waals surface area contributed by atoms with Gasteiger partial charge in [-0.05, 0) is 17.7 Å². The minimum absolute atomic E-state index is 0.00135. The lowest BCUT2D eigenvalue weighted by Gasteiger charge is -2.20. The molecule has 1 aromatic carbocycles. The Morgan fingerprint density at radius 2 is 1.95 bits per heavy atom. The number of nitrogens with two attached hydrogens (primary N) is 1. The fourth-order valence-corrected chi connectivity index (χ4v) is 4.05. The largest absolute Gasteiger partial charge is 0.399 e. The third-order valence-electron chi connectivity index (χ3n) is 3.12. The topological polar surface area (TPSA) is 81.2 Å². The van der Waals surface area contributed by atoms with Gasteiger partial charge in [-0.15, -0.1) is 0 Å². The molecular weight excluding hydrogens is 312 g/mol. The van der Waals surface area contributed by atoms with E-state index in [-0.39, 0.29) is 16.6 Å². The average molecular weight is 329 g/mol. The number of aromatic nitrogens is 2. The van der Waals surface area contributed by atoms with Crippen LogP contribution in [0.25, 0.3) is 0 Å². The van der Waals surface area contributed by atoms with Gasteiger partial charge in [0.15, 0.2) is 5.03 Å². The second-order valence-corrected chi connectivity index (χ2v) is 6.85. The van der Waals surface area contributed by atoms with E-state index in [0.29, 0.717) is 12.2 Å². The summed E-state index contributed by atoms with van der Waals surface area (Å²) in [6.07, 6.45) is 1.32. The summed E-state index contributed by atoms with van der Waals surface area (Å²) in [7, 11) is -2.16. The van der Waals surface area contributed by atoms with Crippen molar-refractivity contribution in [3.63, 3.8) is 0 Å². The Bertz CT molecular complexity index is 706. The molecule has 0 aliphatic rings. The minimum Gasteiger partial charge on any atom is -0.399 e. The molecule has 2 rings (SSSR count). The Morgan fingerprint density at radius 3 is 2.43 bits per heavy atom. The van der Waals surface area contributed by atoms with Crippen LogP contribution in [0.1, 0.15) is 12.5 Å². The summed E-state index contributed by atoms with van der Waals surface area (Å²) in [4.78, 5) is 0. The summed E-state index contributed by atoms with van der Waals surface area (Å²) in [5.41, 5.74) is 7.12. The summed E-state index contributed by atoms with van der Waals surface area (Å²) in [6, 6.07) is 7.09. The number of benzene rings is 1. The lowest BCUT2D eigenvalue weighted by Crippen LogP contribution is -2.32. The maximum Gasteiger partial charge on any atom is 0.262 e. The zero-order valence-corrected chi connectivity index (χ0v) is 13.4. The number of nitrogen functional groups attached to an aromatic ring is 1. The molecule has 21 heavy (non-hydrogen) atoms. The van der Waals surface area contributed by atoms with E-state index < -0.39 is 10.0 Å². The van der Waals surface area contributed by atoms with Crippen molar-refractivity contribution in [2.75, 3.05) is 12.3 Å². The fraction of sp³-hybridized carbons (Fsp3) is 0.308. The number of halogens is 1. The first kappa shape index (κ1) is 15.8. The van der Waals surface area contributed by atoms with Gasteiger partial charge in [0.05, 0.1) is 11.2 Å². The van der Waals surface area contributed by atoms with Gasteiger partial charge in [0.25, 0.3) is 10.0 Å². The van der Waals surface area contributed by atoms with Crippen LogP contribution in [0, 0.1) is 0 Å². The van der Waals surface area contributed by atoms with Crippen LogP contribution in [0.4, 0.5) is 5.69 Å². The predicted octanol–water partition coefficient (Wildman–Crippen LogP) is 1.87. The van der Waals surface area contributed by atoms with Crippen LogP contribution >= 0.6 is 11.6 Å². The van der Waals surface area contributed by atoms with Gasteiger partial charge in [-0.25, -0.2) is 8.42 Å². The van der Waals surface area contributed by atoms with Crippen molar-refractivity contribution in [1.29, 1.82) is 0 Å². The van der Waals surface area contributed by atoms with Gasteiger partial charge in [0.1, 0.15) is 0 Å². The van der Waals surface area contributed by atoms with Crippen LogP contribution in [0.15, 0.2) is 35.5 Å². The molecule has 0 atom stereocenters. The first-order valence-corrected chi connectivity index (χ1v) is 8.20. The lowest BCUT2D eigenvalue weighted by atomic mass is 10.2. The normalized spacial score (nSPS) is 12.0. The van der Waals surface area contributed by atoms with Crippen molar-refractivity contribution in [1.82, 2.24) is 14.1 Å². The third kappa shape index (κ3) is 3.20. The number of hydrogen-bond donors (Lipinski definition) is 1. The smallest absolute Gasteiger partial charge is 0.262 e. The molecule has 0 saturated carbocycles. The highest BCUT2D eigenvalue weighted by molar-refractivity contribution is 7.89. The van der Waals surface area contributed by atoms with E-state index in [1.807, 2.05) is 0 Å². The van der Waals surface area contributed by atoms with Crippen molar-refractivity contribution >= 4 is 27.3 Å². The number of rotatable bonds is 5. The number of nitrogens with zero attached hydrogens (tertiary/aromatic N) is 3. The van der Waals surface area contributed by atoms with Crippen LogP contribution in [-0.2, 0) is 23.6 Å². The molecule has 0 fully saturated rings. The SMILES string of the molecule is CCN(Cc1ccc(N)cc1)S(=O)(=O)c1c(Cl)cnn1C. The standard InChI is InChI=1S/C13H17ClN4O2S/c1-3-18(9-10-4-6-11(15)7-5-10)21(19,20)13-12(14)8-16-17(13)2/h4-8H,3,9,15H2,1-2H3. The molecule has 0 amide bonds. The highest BCUT2D eigenvalue weighted by Gasteiger charge is 2.29. The van der Waals surface area contributed by atoms with Crippen LogP contribution < -0.4 is 5.73 Å². The Labute approximate surface area is 129 Å². The van der Waals surface area contributed by atoms with Crippen LogP contribution in [0.2, 0.25) is 5.02 Å². The fourth-order valence-electron chi connectivity index (χ4n) is 2.01. The molecule has 0 unspecified atom stereocenters. The zero-order valence-electron chi connectivity index (χ0n) is 11.8. The number of hydrogen-bond acceptors (Lipinski definition) is 4. The molecule has 0 radical (unpaired) electrons. The number of aryl methyl sites for hydroxylation is 1. The molecule has 0 aliphatic carbocycles. The Morgan fingerprint density at radius 1 is 1.33 bits per heavy atom. The maximum absolute atomic E-state index is 12.7. The van der Waals surface area contributed by atoms with Crippen molar-refractivity contribution in [3.05, 3.63) is 41.0 Å². The van der Waals surface area contributed by atoms with Crippen LogP contribution in [0.5, 0.6) is 0 Å². The highest BCUT2D eigenvalue weighted by Crippen LogP contribution is 2.24. The van der Waals surface area contributed by atoms with Gasteiger partial charge >= 0.3 is 0 Å². The van der Waals surface area contributed by atoms with Crippen molar-refractivity contribution in [2.45, 2.75) is 18.5 Å². The molecule has 1 aromatic heterocycles. The quantitative estimate of drug-likeness (QED) is 0.849. The second-order valence-electron chi connectivity index (χ2n) is 4.59. The molecule has 0 bridgehead atoms. The van der Waals surface area contributed by atoms with Crippen molar-refractivity contribution in [3.8, 4) is 0 Å². The zero-order chi connectivity index (χ0) is 15.6. The van der Waals surface area contributed by atoms with E-state index in [1.165, 1.54) is 15.2 Å². The van der Waals surface area contributed by atoms with Crippen molar-refractivity contribution < 1.29 is 8.42 Å². The highest BCUT2D eigenvalue weighted by atomic mass is 35.5. The van der Waals surface area contributed by atoms with Gasteiger partial charge < -0.3 is 5.73 Å². The maximum atomic E-state index is 12.7. The van der Waals surface area contributed by atoms with E-state index in [9.17, 15) is 8.42 Å². The Balaban J connectivity index is 2.34. The van der Waals surface area contributed by atoms with Gasteiger partial charge in [-0.3, -0.25) is 4.68 Å². The van der Waals surface area contributed by atoms with Crippen molar-refractivity contribution in [2.24, 2.45) is 7.05 Å². The molecule has 8 heteroatoms. The van der Waals surface area contributed by atoms with E-state index in [1.54, 1.807) is 38.2 Å². The van der Waals surface area contributed by atoms with E-state index in [4.69, 9.17) is 17.3 Å². The first-order chi connectivity index (χ1) is 9.86. The summed E-state index contributed by atoms with van der Waals surface area (Å²) in [6.45, 7) is 2.36. The Hall–Kier alpha value is -1.57. The molecule has 0 aliphatic heterocycles. The summed E-state index contributed by atoms with van der Waals surface area (Å²) >= 11 is 5.95. The Kier molecular flexibility index (Phi) is 4.55. The summed E-state index contributed by atoms with van der Waals surface area (Å²) in [5, 5.41) is 4.00. The molecule has 1 heterocycles. The van der Waals surface area contributed by atoms with Gasteiger partial charge in [-0.1, -0.05) is 30.7 Å². The van der Waals surface area contributed by atoms with Gasteiger partial charge in [0, 0.05) is 25.8 Å². The third-order valence-corrected chi connectivity index (χ3v) is 5.55. The van der Waals surface area contributed by atoms with Crippen LogP contribution in [-0.4, -0.2) is 29.0 Å². The molecule has 114 valence electrons. The van der Waals surface area contributed by atoms with Gasteiger partial charge in [-0.2, -0.15) is 9.40 Å². The second kappa shape index (κ2) is 6.05. The molecule has 2 aromatic rings. The minimum atomic E-state index is -3.71.